The molecule has 0 saturated heterocycles. The summed E-state index contributed by atoms with van der Waals surface area (Å²) < 4.78 is 5.48. The number of hydrogen-bond acceptors (Lipinski definition) is 4. The zero-order valence-corrected chi connectivity index (χ0v) is 10.9. The largest absolute Gasteiger partial charge is 0.380 e. The Balaban J connectivity index is 2.25. The molecule has 0 bridgehead atoms. The van der Waals surface area contributed by atoms with E-state index < -0.39 is 0 Å². The Kier molecular flexibility index (Phi) is 4.61. The van der Waals surface area contributed by atoms with Crippen LogP contribution in [0.4, 0.5) is 0 Å². The molecule has 0 fully saturated rings. The first-order chi connectivity index (χ1) is 8.85. The van der Waals surface area contributed by atoms with Crippen LogP contribution in [0.1, 0.15) is 25.6 Å². The highest BCUT2D eigenvalue weighted by molar-refractivity contribution is 5.73. The monoisotopic (exact) mass is 245 g/mol. The highest BCUT2D eigenvalue weighted by Gasteiger charge is 2.12. The van der Waals surface area contributed by atoms with Crippen LogP contribution in [-0.4, -0.2) is 29.7 Å². The van der Waals surface area contributed by atoms with Gasteiger partial charge in [-0.1, -0.05) is 19.1 Å². The number of para-hydroxylation sites is 2. The Hall–Kier alpha value is -1.52. The number of rotatable bonds is 6. The van der Waals surface area contributed by atoms with Crippen LogP contribution in [0.5, 0.6) is 0 Å². The smallest absolute Gasteiger partial charge is 0.0890 e. The van der Waals surface area contributed by atoms with E-state index in [1.807, 2.05) is 37.4 Å². The van der Waals surface area contributed by atoms with E-state index in [0.29, 0.717) is 13.2 Å². The van der Waals surface area contributed by atoms with Crippen LogP contribution in [0, 0.1) is 0 Å². The maximum absolute atomic E-state index is 5.48. The highest BCUT2D eigenvalue weighted by atomic mass is 16.5. The lowest BCUT2D eigenvalue weighted by Crippen LogP contribution is -2.26. The average Bonchev–Trinajstić information content (AvgIpc) is 2.43. The lowest BCUT2D eigenvalue weighted by molar-refractivity contribution is 0.122. The fraction of sp³-hybridized carbons (Fsp3) is 0.429. The van der Waals surface area contributed by atoms with Gasteiger partial charge in [0.2, 0.25) is 0 Å². The summed E-state index contributed by atoms with van der Waals surface area (Å²) in [4.78, 5) is 9.08. The fourth-order valence-electron chi connectivity index (χ4n) is 1.87. The van der Waals surface area contributed by atoms with E-state index in [1.165, 1.54) is 0 Å². The second-order valence-corrected chi connectivity index (χ2v) is 4.05. The maximum Gasteiger partial charge on any atom is 0.0890 e. The first-order valence-electron chi connectivity index (χ1n) is 6.38. The third kappa shape index (κ3) is 3.03. The summed E-state index contributed by atoms with van der Waals surface area (Å²) in [6, 6.07) is 8.00. The Morgan fingerprint density at radius 3 is 2.72 bits per heavy atom. The van der Waals surface area contributed by atoms with Gasteiger partial charge in [0.25, 0.3) is 0 Å². The summed E-state index contributed by atoms with van der Waals surface area (Å²) in [6.45, 7) is 6.29. The van der Waals surface area contributed by atoms with Crippen molar-refractivity contribution in [2.24, 2.45) is 0 Å². The van der Waals surface area contributed by atoms with Crippen molar-refractivity contribution >= 4 is 11.0 Å². The van der Waals surface area contributed by atoms with Crippen molar-refractivity contribution in [2.45, 2.75) is 19.9 Å². The van der Waals surface area contributed by atoms with E-state index in [2.05, 4.69) is 22.2 Å². The second-order valence-electron chi connectivity index (χ2n) is 4.05. The first-order valence-corrected chi connectivity index (χ1v) is 6.38. The zero-order chi connectivity index (χ0) is 12.8. The molecule has 4 heteroatoms. The van der Waals surface area contributed by atoms with Gasteiger partial charge in [-0.05, 0) is 25.6 Å². The van der Waals surface area contributed by atoms with Crippen LogP contribution >= 0.6 is 0 Å². The fourth-order valence-corrected chi connectivity index (χ4v) is 1.87. The summed E-state index contributed by atoms with van der Waals surface area (Å²) >= 11 is 0. The molecule has 96 valence electrons. The summed E-state index contributed by atoms with van der Waals surface area (Å²) in [5.41, 5.74) is 2.78. The van der Waals surface area contributed by atoms with Crippen LogP contribution in [0.25, 0.3) is 11.0 Å². The molecule has 1 aromatic carbocycles. The average molecular weight is 245 g/mol. The molecule has 1 aromatic heterocycles. The number of benzene rings is 1. The number of likely N-dealkylation sites (N-methyl/N-ethyl adjacent to an activating group) is 1. The molecule has 0 aliphatic carbocycles. The molecule has 2 aromatic rings. The SMILES string of the molecule is CCNC(COCC)c1cnc2ccccc2n1. The standard InChI is InChI=1S/C14H19N3O/c1-3-15-14(10-18-4-2)13-9-16-11-7-5-6-8-12(11)17-13/h5-9,14-15H,3-4,10H2,1-2H3. The van der Waals surface area contributed by atoms with Gasteiger partial charge in [0.05, 0.1) is 35.6 Å². The molecule has 4 nitrogen and oxygen atoms in total. The molecule has 1 heterocycles. The third-order valence-corrected chi connectivity index (χ3v) is 2.76. The minimum atomic E-state index is 0.104. The molecule has 18 heavy (non-hydrogen) atoms. The number of aromatic nitrogens is 2. The number of fused-ring (bicyclic) bond motifs is 1. The normalized spacial score (nSPS) is 12.8. The second kappa shape index (κ2) is 6.42. The van der Waals surface area contributed by atoms with Crippen molar-refractivity contribution < 1.29 is 4.74 Å². The predicted molar refractivity (Wildman–Crippen MR) is 72.4 cm³/mol. The van der Waals surface area contributed by atoms with Gasteiger partial charge in [-0.3, -0.25) is 4.98 Å². The molecule has 2 rings (SSSR count). The lowest BCUT2D eigenvalue weighted by atomic mass is 10.2. The number of ether oxygens (including phenoxy) is 1. The van der Waals surface area contributed by atoms with Gasteiger partial charge in [0.1, 0.15) is 0 Å². The van der Waals surface area contributed by atoms with Gasteiger partial charge in [-0.15, -0.1) is 0 Å². The molecule has 1 N–H and O–H groups in total. The third-order valence-electron chi connectivity index (χ3n) is 2.76. The summed E-state index contributed by atoms with van der Waals surface area (Å²) in [7, 11) is 0. The maximum atomic E-state index is 5.48. The quantitative estimate of drug-likeness (QED) is 0.848. The van der Waals surface area contributed by atoms with E-state index >= 15 is 0 Å². The molecule has 0 aliphatic heterocycles. The van der Waals surface area contributed by atoms with Gasteiger partial charge in [-0.25, -0.2) is 4.98 Å². The number of nitrogens with one attached hydrogen (secondary N) is 1. The van der Waals surface area contributed by atoms with Crippen molar-refractivity contribution in [1.82, 2.24) is 15.3 Å². The van der Waals surface area contributed by atoms with Gasteiger partial charge in [0, 0.05) is 6.61 Å². The Morgan fingerprint density at radius 1 is 1.22 bits per heavy atom. The lowest BCUT2D eigenvalue weighted by Gasteiger charge is -2.17. The van der Waals surface area contributed by atoms with E-state index in [0.717, 1.165) is 23.3 Å². The molecular formula is C14H19N3O. The first kappa shape index (κ1) is 12.9. The Labute approximate surface area is 107 Å². The van der Waals surface area contributed by atoms with Crippen LogP contribution < -0.4 is 5.32 Å². The molecule has 0 amide bonds. The molecule has 0 spiro atoms. The summed E-state index contributed by atoms with van der Waals surface area (Å²) in [6.07, 6.45) is 1.83. The zero-order valence-electron chi connectivity index (χ0n) is 10.9. The number of nitrogens with zero attached hydrogens (tertiary/aromatic N) is 2. The van der Waals surface area contributed by atoms with Crippen LogP contribution in [0.2, 0.25) is 0 Å². The van der Waals surface area contributed by atoms with Gasteiger partial charge < -0.3 is 10.1 Å². The van der Waals surface area contributed by atoms with E-state index in [-0.39, 0.29) is 6.04 Å². The molecule has 0 saturated carbocycles. The summed E-state index contributed by atoms with van der Waals surface area (Å²) in [5, 5.41) is 3.37. The van der Waals surface area contributed by atoms with Crippen molar-refractivity contribution in [1.29, 1.82) is 0 Å². The van der Waals surface area contributed by atoms with Crippen LogP contribution in [0.15, 0.2) is 30.5 Å². The molecule has 1 atom stereocenters. The van der Waals surface area contributed by atoms with Crippen LogP contribution in [-0.2, 0) is 4.74 Å². The van der Waals surface area contributed by atoms with Crippen molar-refractivity contribution in [3.8, 4) is 0 Å². The predicted octanol–water partition coefficient (Wildman–Crippen LogP) is 2.32. The van der Waals surface area contributed by atoms with E-state index in [1.54, 1.807) is 0 Å². The molecule has 0 radical (unpaired) electrons. The Morgan fingerprint density at radius 2 is 2.00 bits per heavy atom. The van der Waals surface area contributed by atoms with Crippen molar-refractivity contribution in [3.05, 3.63) is 36.2 Å². The highest BCUT2D eigenvalue weighted by Crippen LogP contribution is 2.14. The molecule has 1 unspecified atom stereocenters. The van der Waals surface area contributed by atoms with E-state index in [9.17, 15) is 0 Å². The van der Waals surface area contributed by atoms with Crippen molar-refractivity contribution in [2.75, 3.05) is 19.8 Å². The minimum absolute atomic E-state index is 0.104. The summed E-state index contributed by atoms with van der Waals surface area (Å²) in [5.74, 6) is 0. The Bertz CT molecular complexity index is 501. The van der Waals surface area contributed by atoms with Gasteiger partial charge in [0.15, 0.2) is 0 Å². The minimum Gasteiger partial charge on any atom is -0.380 e. The molecular weight excluding hydrogens is 226 g/mol. The molecule has 0 aliphatic rings. The van der Waals surface area contributed by atoms with Crippen molar-refractivity contribution in [3.63, 3.8) is 0 Å². The van der Waals surface area contributed by atoms with Gasteiger partial charge >= 0.3 is 0 Å². The van der Waals surface area contributed by atoms with E-state index in [4.69, 9.17) is 4.74 Å². The topological polar surface area (TPSA) is 47.0 Å². The number of hydrogen-bond donors (Lipinski definition) is 1. The van der Waals surface area contributed by atoms with Crippen LogP contribution in [0.3, 0.4) is 0 Å². The van der Waals surface area contributed by atoms with Gasteiger partial charge in [-0.2, -0.15) is 0 Å².